The molecular weight excluding hydrogens is 204 g/mol. The van der Waals surface area contributed by atoms with Crippen LogP contribution in [0.1, 0.15) is 26.2 Å². The number of fused-ring (bicyclic) bond motifs is 2. The molecule has 0 saturated carbocycles. The smallest absolute Gasteiger partial charge is 0.250 e. The monoisotopic (exact) mass is 226 g/mol. The van der Waals surface area contributed by atoms with Gasteiger partial charge in [0.15, 0.2) is 0 Å². The molecule has 16 heavy (non-hydrogen) atoms. The molecule has 2 aliphatic heterocycles. The lowest BCUT2D eigenvalue weighted by atomic mass is 10.1. The van der Waals surface area contributed by atoms with E-state index in [1.165, 1.54) is 12.8 Å². The van der Waals surface area contributed by atoms with Crippen molar-refractivity contribution in [3.63, 3.8) is 0 Å². The van der Waals surface area contributed by atoms with Gasteiger partial charge >= 0.3 is 0 Å². The van der Waals surface area contributed by atoms with Gasteiger partial charge in [-0.2, -0.15) is 0 Å². The highest BCUT2D eigenvalue weighted by molar-refractivity contribution is 5.80. The molecule has 5 heteroatoms. The summed E-state index contributed by atoms with van der Waals surface area (Å²) in [5, 5.41) is 0. The maximum absolute atomic E-state index is 11.5. The first-order valence-corrected chi connectivity index (χ1v) is 6.10. The Morgan fingerprint density at radius 1 is 1.38 bits per heavy atom. The lowest BCUT2D eigenvalue weighted by molar-refractivity contribution is -0.126. The largest absolute Gasteiger partial charge is 0.299 e. The van der Waals surface area contributed by atoms with E-state index in [9.17, 15) is 4.79 Å². The van der Waals surface area contributed by atoms with E-state index in [1.54, 1.807) is 0 Å². The Morgan fingerprint density at radius 3 is 2.75 bits per heavy atom. The van der Waals surface area contributed by atoms with Crippen LogP contribution in [-0.4, -0.2) is 54.0 Å². The second-order valence-corrected chi connectivity index (χ2v) is 5.02. The van der Waals surface area contributed by atoms with Crippen molar-refractivity contribution in [1.82, 2.24) is 15.2 Å². The molecule has 2 heterocycles. The molecule has 5 nitrogen and oxygen atoms in total. The quantitative estimate of drug-likeness (QED) is 0.380. The summed E-state index contributed by atoms with van der Waals surface area (Å²) in [6.07, 6.45) is 3.73. The number of nitrogens with one attached hydrogen (secondary N) is 1. The summed E-state index contributed by atoms with van der Waals surface area (Å²) >= 11 is 0. The van der Waals surface area contributed by atoms with Crippen molar-refractivity contribution >= 4 is 5.91 Å². The van der Waals surface area contributed by atoms with Gasteiger partial charge in [0.2, 0.25) is 0 Å². The van der Waals surface area contributed by atoms with Crippen LogP contribution in [0.15, 0.2) is 0 Å². The molecule has 0 aromatic heterocycles. The fourth-order valence-corrected chi connectivity index (χ4v) is 2.97. The minimum Gasteiger partial charge on any atom is -0.299 e. The van der Waals surface area contributed by atoms with Crippen LogP contribution in [0.5, 0.6) is 0 Å². The number of amides is 1. The topological polar surface area (TPSA) is 61.6 Å². The molecule has 1 amide bonds. The number of hydrogen-bond acceptors (Lipinski definition) is 4. The van der Waals surface area contributed by atoms with Crippen molar-refractivity contribution in [3.05, 3.63) is 0 Å². The molecule has 0 aromatic rings. The Hall–Kier alpha value is -0.650. The summed E-state index contributed by atoms with van der Waals surface area (Å²) in [6, 6.07) is 1.21. The van der Waals surface area contributed by atoms with Crippen molar-refractivity contribution < 1.29 is 4.79 Å². The highest BCUT2D eigenvalue weighted by Crippen LogP contribution is 2.29. The Balaban J connectivity index is 2.00. The fraction of sp³-hybridized carbons (Fsp3) is 0.909. The normalized spacial score (nSPS) is 33.4. The van der Waals surface area contributed by atoms with Gasteiger partial charge in [0.25, 0.3) is 5.91 Å². The lowest BCUT2D eigenvalue weighted by Gasteiger charge is -2.29. The average molecular weight is 226 g/mol. The van der Waals surface area contributed by atoms with Crippen LogP contribution in [0.25, 0.3) is 0 Å². The first-order valence-electron chi connectivity index (χ1n) is 6.10. The van der Waals surface area contributed by atoms with E-state index in [1.807, 2.05) is 6.92 Å². The van der Waals surface area contributed by atoms with Gasteiger partial charge in [-0.05, 0) is 33.2 Å². The number of nitrogens with zero attached hydrogens (tertiary/aromatic N) is 2. The predicted molar refractivity (Wildman–Crippen MR) is 62.6 cm³/mol. The summed E-state index contributed by atoms with van der Waals surface area (Å²) in [5.74, 6) is 5.10. The summed E-state index contributed by atoms with van der Waals surface area (Å²) < 4.78 is 0. The third kappa shape index (κ3) is 2.07. The standard InChI is InChI=1S/C11H22N4O/c1-8(11(16)13-12)15-6-5-9-3-4-10(7-15)14(9)2/h8-10H,3-7,12H2,1-2H3,(H,13,16). The molecule has 2 bridgehead atoms. The molecule has 2 fully saturated rings. The zero-order valence-electron chi connectivity index (χ0n) is 10.1. The number of likely N-dealkylation sites (tertiary alicyclic amines) is 1. The van der Waals surface area contributed by atoms with Crippen LogP contribution >= 0.6 is 0 Å². The van der Waals surface area contributed by atoms with E-state index >= 15 is 0 Å². The van der Waals surface area contributed by atoms with E-state index in [2.05, 4.69) is 22.3 Å². The fourth-order valence-electron chi connectivity index (χ4n) is 2.97. The maximum Gasteiger partial charge on any atom is 0.250 e. The SMILES string of the molecule is CC(C(=O)NN)N1CCC2CCC(C1)N2C. The van der Waals surface area contributed by atoms with E-state index in [0.717, 1.165) is 19.5 Å². The molecule has 0 spiro atoms. The van der Waals surface area contributed by atoms with Gasteiger partial charge in [0.05, 0.1) is 6.04 Å². The van der Waals surface area contributed by atoms with E-state index in [-0.39, 0.29) is 11.9 Å². The molecule has 2 aliphatic rings. The second kappa shape index (κ2) is 4.69. The predicted octanol–water partition coefficient (Wildman–Crippen LogP) is -0.467. The first kappa shape index (κ1) is 11.8. The highest BCUT2D eigenvalue weighted by atomic mass is 16.2. The van der Waals surface area contributed by atoms with Crippen molar-refractivity contribution in [1.29, 1.82) is 0 Å². The molecule has 0 aromatic carbocycles. The third-order valence-corrected chi connectivity index (χ3v) is 4.25. The summed E-state index contributed by atoms with van der Waals surface area (Å²) in [4.78, 5) is 16.3. The number of carbonyl (C=O) groups excluding carboxylic acids is 1. The van der Waals surface area contributed by atoms with E-state index in [4.69, 9.17) is 5.84 Å². The van der Waals surface area contributed by atoms with Crippen LogP contribution in [0, 0.1) is 0 Å². The van der Waals surface area contributed by atoms with Crippen LogP contribution in [-0.2, 0) is 4.79 Å². The van der Waals surface area contributed by atoms with Crippen molar-refractivity contribution in [3.8, 4) is 0 Å². The van der Waals surface area contributed by atoms with Crippen LogP contribution in [0.3, 0.4) is 0 Å². The zero-order chi connectivity index (χ0) is 11.7. The van der Waals surface area contributed by atoms with Crippen LogP contribution in [0.4, 0.5) is 0 Å². The molecule has 0 radical (unpaired) electrons. The molecule has 3 unspecified atom stereocenters. The molecule has 0 aliphatic carbocycles. The average Bonchev–Trinajstić information content (AvgIpc) is 2.51. The van der Waals surface area contributed by atoms with Gasteiger partial charge in [-0.1, -0.05) is 0 Å². The minimum atomic E-state index is -0.113. The highest BCUT2D eigenvalue weighted by Gasteiger charge is 2.36. The number of carbonyl (C=O) groups is 1. The number of hydrogen-bond donors (Lipinski definition) is 2. The number of rotatable bonds is 2. The zero-order valence-corrected chi connectivity index (χ0v) is 10.1. The Bertz CT molecular complexity index is 271. The van der Waals surface area contributed by atoms with Gasteiger partial charge in [-0.3, -0.25) is 20.0 Å². The summed E-state index contributed by atoms with van der Waals surface area (Å²) in [5.41, 5.74) is 2.24. The van der Waals surface area contributed by atoms with Crippen LogP contribution in [0.2, 0.25) is 0 Å². The molecule has 2 saturated heterocycles. The number of nitrogens with two attached hydrogens (primary N) is 1. The van der Waals surface area contributed by atoms with Gasteiger partial charge in [-0.15, -0.1) is 0 Å². The van der Waals surface area contributed by atoms with E-state index in [0.29, 0.717) is 12.1 Å². The molecular formula is C11H22N4O. The van der Waals surface area contributed by atoms with Crippen molar-refractivity contribution in [2.24, 2.45) is 5.84 Å². The molecule has 3 atom stereocenters. The summed E-state index contributed by atoms with van der Waals surface area (Å²) in [7, 11) is 2.21. The van der Waals surface area contributed by atoms with Crippen molar-refractivity contribution in [2.75, 3.05) is 20.1 Å². The second-order valence-electron chi connectivity index (χ2n) is 5.02. The third-order valence-electron chi connectivity index (χ3n) is 4.25. The maximum atomic E-state index is 11.5. The van der Waals surface area contributed by atoms with Gasteiger partial charge in [-0.25, -0.2) is 5.84 Å². The van der Waals surface area contributed by atoms with Crippen LogP contribution < -0.4 is 11.3 Å². The minimum absolute atomic E-state index is 0.0829. The first-order chi connectivity index (χ1) is 7.63. The number of likely N-dealkylation sites (N-methyl/N-ethyl adjacent to an activating group) is 1. The Kier molecular flexibility index (Phi) is 3.47. The molecule has 2 rings (SSSR count). The molecule has 3 N–H and O–H groups in total. The Morgan fingerprint density at radius 2 is 2.06 bits per heavy atom. The van der Waals surface area contributed by atoms with Gasteiger partial charge in [0, 0.05) is 25.2 Å². The molecule has 92 valence electrons. The van der Waals surface area contributed by atoms with Gasteiger partial charge in [0.1, 0.15) is 0 Å². The van der Waals surface area contributed by atoms with Crippen molar-refractivity contribution in [2.45, 2.75) is 44.3 Å². The Labute approximate surface area is 96.9 Å². The van der Waals surface area contributed by atoms with Gasteiger partial charge < -0.3 is 0 Å². The van der Waals surface area contributed by atoms with E-state index < -0.39 is 0 Å². The summed E-state index contributed by atoms with van der Waals surface area (Å²) in [6.45, 7) is 3.92. The lowest BCUT2D eigenvalue weighted by Crippen LogP contribution is -2.50. The number of hydrazine groups is 1.